The minimum atomic E-state index is 0.695. The third-order valence-corrected chi connectivity index (χ3v) is 3.57. The largest absolute Gasteiger partial charge is 0.340 e. The van der Waals surface area contributed by atoms with Gasteiger partial charge in [0.15, 0.2) is 0 Å². The van der Waals surface area contributed by atoms with Gasteiger partial charge in [0, 0.05) is 16.1 Å². The predicted molar refractivity (Wildman–Crippen MR) is 83.7 cm³/mol. The highest BCUT2D eigenvalue weighted by molar-refractivity contribution is 6.30. The molecule has 1 aromatic heterocycles. The van der Waals surface area contributed by atoms with Crippen LogP contribution in [-0.4, -0.2) is 9.97 Å². The molecular formula is C16H14ClN3. The van der Waals surface area contributed by atoms with E-state index in [0.717, 1.165) is 22.4 Å². The lowest BCUT2D eigenvalue weighted by Gasteiger charge is -2.10. The van der Waals surface area contributed by atoms with E-state index in [1.807, 2.05) is 24.3 Å². The van der Waals surface area contributed by atoms with Crippen LogP contribution in [0.25, 0.3) is 10.9 Å². The molecular weight excluding hydrogens is 270 g/mol. The van der Waals surface area contributed by atoms with Gasteiger partial charge < -0.3 is 5.32 Å². The quantitative estimate of drug-likeness (QED) is 0.744. The molecule has 0 bridgehead atoms. The van der Waals surface area contributed by atoms with Crippen molar-refractivity contribution in [3.63, 3.8) is 0 Å². The van der Waals surface area contributed by atoms with Crippen LogP contribution in [0, 0.1) is 13.8 Å². The Balaban J connectivity index is 2.09. The molecule has 3 nitrogen and oxygen atoms in total. The van der Waals surface area contributed by atoms with E-state index in [1.54, 1.807) is 6.33 Å². The molecule has 1 N–H and O–H groups in total. The monoisotopic (exact) mass is 283 g/mol. The van der Waals surface area contributed by atoms with Crippen molar-refractivity contribution in [3.8, 4) is 0 Å². The minimum Gasteiger partial charge on any atom is -0.340 e. The summed E-state index contributed by atoms with van der Waals surface area (Å²) < 4.78 is 0. The van der Waals surface area contributed by atoms with Gasteiger partial charge in [0.25, 0.3) is 0 Å². The first-order valence-corrected chi connectivity index (χ1v) is 6.76. The first kappa shape index (κ1) is 12.9. The summed E-state index contributed by atoms with van der Waals surface area (Å²) in [7, 11) is 0. The molecule has 0 saturated carbocycles. The van der Waals surface area contributed by atoms with Crippen LogP contribution in [0.4, 0.5) is 11.5 Å². The van der Waals surface area contributed by atoms with Crippen molar-refractivity contribution in [1.29, 1.82) is 0 Å². The number of aromatic nitrogens is 2. The Bertz CT molecular complexity index is 784. The van der Waals surface area contributed by atoms with E-state index in [-0.39, 0.29) is 0 Å². The van der Waals surface area contributed by atoms with Gasteiger partial charge in [0.05, 0.1) is 5.52 Å². The third kappa shape index (κ3) is 2.45. The summed E-state index contributed by atoms with van der Waals surface area (Å²) in [6.07, 6.45) is 1.57. The molecule has 0 amide bonds. The maximum atomic E-state index is 6.00. The van der Waals surface area contributed by atoms with Crippen molar-refractivity contribution in [2.24, 2.45) is 0 Å². The molecule has 0 unspecified atom stereocenters. The summed E-state index contributed by atoms with van der Waals surface area (Å²) in [6.45, 7) is 4.17. The van der Waals surface area contributed by atoms with Gasteiger partial charge >= 0.3 is 0 Å². The Kier molecular flexibility index (Phi) is 3.28. The van der Waals surface area contributed by atoms with Crippen molar-refractivity contribution >= 4 is 34.0 Å². The average Bonchev–Trinajstić information content (AvgIpc) is 2.41. The second-order valence-electron chi connectivity index (χ2n) is 4.81. The molecule has 100 valence electrons. The summed E-state index contributed by atoms with van der Waals surface area (Å²) in [5.74, 6) is 0.792. The summed E-state index contributed by atoms with van der Waals surface area (Å²) >= 11 is 6.00. The molecule has 20 heavy (non-hydrogen) atoms. The fourth-order valence-corrected chi connectivity index (χ4v) is 2.31. The second kappa shape index (κ2) is 5.10. The van der Waals surface area contributed by atoms with E-state index in [9.17, 15) is 0 Å². The van der Waals surface area contributed by atoms with Gasteiger partial charge in [-0.25, -0.2) is 9.97 Å². The second-order valence-corrected chi connectivity index (χ2v) is 5.25. The number of rotatable bonds is 2. The van der Waals surface area contributed by atoms with Gasteiger partial charge in [-0.05, 0) is 55.3 Å². The van der Waals surface area contributed by atoms with E-state index in [4.69, 9.17) is 11.6 Å². The van der Waals surface area contributed by atoms with Gasteiger partial charge in [-0.15, -0.1) is 0 Å². The molecule has 3 aromatic rings. The van der Waals surface area contributed by atoms with Crippen LogP contribution in [0.1, 0.15) is 11.1 Å². The van der Waals surface area contributed by atoms with Crippen LogP contribution < -0.4 is 5.32 Å². The lowest BCUT2D eigenvalue weighted by molar-refractivity contribution is 1.21. The molecule has 0 atom stereocenters. The Morgan fingerprint density at radius 3 is 2.60 bits per heavy atom. The Labute approximate surface area is 122 Å². The normalized spacial score (nSPS) is 10.8. The van der Waals surface area contributed by atoms with Crippen LogP contribution in [-0.2, 0) is 0 Å². The van der Waals surface area contributed by atoms with Gasteiger partial charge in [-0.3, -0.25) is 0 Å². The van der Waals surface area contributed by atoms with Gasteiger partial charge in [0.1, 0.15) is 12.1 Å². The van der Waals surface area contributed by atoms with Gasteiger partial charge in [-0.1, -0.05) is 17.7 Å². The Morgan fingerprint density at radius 1 is 1.00 bits per heavy atom. The van der Waals surface area contributed by atoms with E-state index in [2.05, 4.69) is 41.3 Å². The number of nitrogens with zero attached hydrogens (tertiary/aromatic N) is 2. The maximum Gasteiger partial charge on any atom is 0.141 e. The number of aryl methyl sites for hydroxylation is 2. The summed E-state index contributed by atoms with van der Waals surface area (Å²) in [5, 5.41) is 5.00. The van der Waals surface area contributed by atoms with Gasteiger partial charge in [0.2, 0.25) is 0 Å². The number of nitrogens with one attached hydrogen (secondary N) is 1. The molecule has 0 fully saturated rings. The fraction of sp³-hybridized carbons (Fsp3) is 0.125. The topological polar surface area (TPSA) is 37.8 Å². The molecule has 0 aliphatic carbocycles. The van der Waals surface area contributed by atoms with Crippen LogP contribution in [0.15, 0.2) is 42.7 Å². The number of hydrogen-bond donors (Lipinski definition) is 1. The van der Waals surface area contributed by atoms with E-state index >= 15 is 0 Å². The Hall–Kier alpha value is -2.13. The highest BCUT2D eigenvalue weighted by Gasteiger charge is 2.06. The number of hydrogen-bond acceptors (Lipinski definition) is 3. The van der Waals surface area contributed by atoms with E-state index in [0.29, 0.717) is 5.02 Å². The molecule has 0 aliphatic heterocycles. The number of anilines is 2. The highest BCUT2D eigenvalue weighted by atomic mass is 35.5. The fourth-order valence-electron chi connectivity index (χ4n) is 2.12. The smallest absolute Gasteiger partial charge is 0.141 e. The standard InChI is InChI=1S/C16H14ClN3/c1-10-6-14-15(7-11(10)2)18-9-19-16(14)20-13-5-3-4-12(17)8-13/h3-9H,1-2H3,(H,18,19,20). The highest BCUT2D eigenvalue weighted by Crippen LogP contribution is 2.26. The average molecular weight is 284 g/mol. The number of fused-ring (bicyclic) bond motifs is 1. The minimum absolute atomic E-state index is 0.695. The van der Waals surface area contributed by atoms with Crippen LogP contribution in [0.5, 0.6) is 0 Å². The van der Waals surface area contributed by atoms with Crippen molar-refractivity contribution in [3.05, 3.63) is 58.9 Å². The molecule has 0 radical (unpaired) electrons. The summed E-state index contributed by atoms with van der Waals surface area (Å²) in [6, 6.07) is 11.8. The lowest BCUT2D eigenvalue weighted by atomic mass is 10.1. The molecule has 2 aromatic carbocycles. The van der Waals surface area contributed by atoms with Crippen molar-refractivity contribution in [1.82, 2.24) is 9.97 Å². The first-order valence-electron chi connectivity index (χ1n) is 6.38. The maximum absolute atomic E-state index is 6.00. The van der Waals surface area contributed by atoms with Gasteiger partial charge in [-0.2, -0.15) is 0 Å². The summed E-state index contributed by atoms with van der Waals surface area (Å²) in [4.78, 5) is 8.66. The molecule has 0 aliphatic rings. The molecule has 1 heterocycles. The first-order chi connectivity index (χ1) is 9.63. The zero-order chi connectivity index (χ0) is 14.1. The Morgan fingerprint density at radius 2 is 1.80 bits per heavy atom. The number of benzene rings is 2. The molecule has 0 spiro atoms. The van der Waals surface area contributed by atoms with Crippen molar-refractivity contribution in [2.75, 3.05) is 5.32 Å². The molecule has 3 rings (SSSR count). The van der Waals surface area contributed by atoms with Crippen LogP contribution >= 0.6 is 11.6 Å². The molecule has 0 saturated heterocycles. The van der Waals surface area contributed by atoms with Crippen molar-refractivity contribution < 1.29 is 0 Å². The van der Waals surface area contributed by atoms with E-state index < -0.39 is 0 Å². The van der Waals surface area contributed by atoms with E-state index in [1.165, 1.54) is 11.1 Å². The molecule has 4 heteroatoms. The zero-order valence-electron chi connectivity index (χ0n) is 11.3. The summed E-state index contributed by atoms with van der Waals surface area (Å²) in [5.41, 5.74) is 4.30. The predicted octanol–water partition coefficient (Wildman–Crippen LogP) is 4.64. The number of halogens is 1. The van der Waals surface area contributed by atoms with Crippen LogP contribution in [0.2, 0.25) is 5.02 Å². The lowest BCUT2D eigenvalue weighted by Crippen LogP contribution is -1.97. The SMILES string of the molecule is Cc1cc2ncnc(Nc3cccc(Cl)c3)c2cc1C. The van der Waals surface area contributed by atoms with Crippen molar-refractivity contribution in [2.45, 2.75) is 13.8 Å². The zero-order valence-corrected chi connectivity index (χ0v) is 12.1. The third-order valence-electron chi connectivity index (χ3n) is 3.34. The van der Waals surface area contributed by atoms with Crippen LogP contribution in [0.3, 0.4) is 0 Å².